The molecule has 1 aromatic rings. The van der Waals surface area contributed by atoms with Crippen LogP contribution >= 0.6 is 23.2 Å². The third-order valence-electron chi connectivity index (χ3n) is 5.72. The molecule has 1 aliphatic carbocycles. The first-order valence-electron chi connectivity index (χ1n) is 11.6. The van der Waals surface area contributed by atoms with Crippen LogP contribution in [0.15, 0.2) is 34.7 Å². The number of ether oxygens (including phenoxy) is 1. The molecule has 0 radical (unpaired) electrons. The fourth-order valence-electron chi connectivity index (χ4n) is 4.04. The van der Waals surface area contributed by atoms with Crippen molar-refractivity contribution in [3.8, 4) is 0 Å². The molecule has 35 heavy (non-hydrogen) atoms. The molecule has 2 heterocycles. The average molecular weight is 537 g/mol. The highest BCUT2D eigenvalue weighted by molar-refractivity contribution is 6.32. The van der Waals surface area contributed by atoms with Gasteiger partial charge in [-0.25, -0.2) is 4.68 Å². The highest BCUT2D eigenvalue weighted by Gasteiger charge is 2.41. The van der Waals surface area contributed by atoms with Crippen LogP contribution in [0.2, 0.25) is 5.02 Å². The summed E-state index contributed by atoms with van der Waals surface area (Å²) in [7, 11) is 1.55. The Hall–Kier alpha value is -2.13. The number of halogens is 5. The number of piperazine rings is 1. The number of hydrogen-bond acceptors (Lipinski definition) is 4. The van der Waals surface area contributed by atoms with Crippen LogP contribution in [0.3, 0.4) is 0 Å². The Kier molecular flexibility index (Phi) is 10.2. The molecule has 1 saturated heterocycles. The van der Waals surface area contributed by atoms with Gasteiger partial charge in [-0.2, -0.15) is 18.3 Å². The molecule has 0 N–H and O–H groups in total. The van der Waals surface area contributed by atoms with Gasteiger partial charge in [0.1, 0.15) is 12.3 Å². The van der Waals surface area contributed by atoms with Gasteiger partial charge in [-0.3, -0.25) is 4.79 Å². The van der Waals surface area contributed by atoms with Crippen molar-refractivity contribution in [3.05, 3.63) is 51.1 Å². The number of hydrogen-bond donors (Lipinski definition) is 0. The van der Waals surface area contributed by atoms with Crippen LogP contribution < -0.4 is 0 Å². The number of alkyl halides is 3. The predicted molar refractivity (Wildman–Crippen MR) is 132 cm³/mol. The minimum absolute atomic E-state index is 0.128. The molecule has 1 aromatic heterocycles. The predicted octanol–water partition coefficient (Wildman–Crippen LogP) is 6.18. The van der Waals surface area contributed by atoms with E-state index < -0.39 is 29.3 Å². The number of nitrogens with zero attached hydrogens (tertiary/aromatic N) is 4. The van der Waals surface area contributed by atoms with E-state index in [0.29, 0.717) is 41.5 Å². The Balaban J connectivity index is 0.00000210. The van der Waals surface area contributed by atoms with E-state index in [0.717, 1.165) is 5.70 Å². The average Bonchev–Trinajstić information content (AvgIpc) is 3.01. The lowest BCUT2D eigenvalue weighted by molar-refractivity contribution is -0.146. The third-order valence-corrected chi connectivity index (χ3v) is 6.40. The minimum Gasteiger partial charge on any atom is -0.495 e. The summed E-state index contributed by atoms with van der Waals surface area (Å²) in [6.45, 7) is 10.2. The summed E-state index contributed by atoms with van der Waals surface area (Å²) in [5.74, 6) is -0.181. The Morgan fingerprint density at radius 2 is 1.91 bits per heavy atom. The molecule has 6 nitrogen and oxygen atoms in total. The maximum Gasteiger partial charge on any atom is 0.434 e. The van der Waals surface area contributed by atoms with Crippen molar-refractivity contribution in [2.24, 2.45) is 0 Å². The van der Waals surface area contributed by atoms with Crippen molar-refractivity contribution in [1.82, 2.24) is 19.6 Å². The first kappa shape index (κ1) is 29.1. The van der Waals surface area contributed by atoms with Gasteiger partial charge in [0, 0.05) is 43.9 Å². The highest BCUT2D eigenvalue weighted by atomic mass is 35.5. The van der Waals surface area contributed by atoms with Gasteiger partial charge >= 0.3 is 6.18 Å². The summed E-state index contributed by atoms with van der Waals surface area (Å²) in [6.07, 6.45) is 1.54. The van der Waals surface area contributed by atoms with E-state index in [9.17, 15) is 18.0 Å². The molecule has 1 aliphatic heterocycles. The Labute approximate surface area is 215 Å². The minimum atomic E-state index is -4.71. The molecule has 196 valence electrons. The van der Waals surface area contributed by atoms with Crippen molar-refractivity contribution in [2.45, 2.75) is 65.7 Å². The number of amides is 1. The van der Waals surface area contributed by atoms with Gasteiger partial charge in [-0.05, 0) is 18.9 Å². The number of carbonyl (C=O) groups is 1. The molecule has 1 fully saturated rings. The number of allylic oxidation sites excluding steroid dienone is 4. The zero-order valence-electron chi connectivity index (χ0n) is 20.9. The molecular weight excluding hydrogens is 504 g/mol. The summed E-state index contributed by atoms with van der Waals surface area (Å²) in [5.41, 5.74) is 0.0415. The number of rotatable bonds is 5. The van der Waals surface area contributed by atoms with Crippen molar-refractivity contribution < 1.29 is 22.7 Å². The lowest BCUT2D eigenvalue weighted by Crippen LogP contribution is -2.54. The van der Waals surface area contributed by atoms with Gasteiger partial charge in [0.15, 0.2) is 5.69 Å². The largest absolute Gasteiger partial charge is 0.495 e. The monoisotopic (exact) mass is 536 g/mol. The van der Waals surface area contributed by atoms with E-state index in [1.807, 2.05) is 32.9 Å². The molecule has 11 heteroatoms. The summed E-state index contributed by atoms with van der Waals surface area (Å²) in [4.78, 5) is 16.7. The molecular formula is C24H33Cl2F3N4O2. The maximum atomic E-state index is 13.6. The van der Waals surface area contributed by atoms with Crippen LogP contribution in [0, 0.1) is 0 Å². The van der Waals surface area contributed by atoms with E-state index in [4.69, 9.17) is 27.9 Å². The van der Waals surface area contributed by atoms with E-state index in [-0.39, 0.29) is 17.7 Å². The fourth-order valence-corrected chi connectivity index (χ4v) is 4.72. The Morgan fingerprint density at radius 3 is 2.46 bits per heavy atom. The fraction of sp³-hybridized carbons (Fsp3) is 0.583. The molecule has 1 amide bonds. The van der Waals surface area contributed by atoms with Gasteiger partial charge in [-0.1, -0.05) is 57.0 Å². The van der Waals surface area contributed by atoms with Crippen LogP contribution in [0.25, 0.3) is 0 Å². The Morgan fingerprint density at radius 1 is 1.26 bits per heavy atom. The molecule has 0 bridgehead atoms. The number of methoxy groups -OCH3 is 1. The summed E-state index contributed by atoms with van der Waals surface area (Å²) >= 11 is 12.2. The first-order chi connectivity index (χ1) is 16.4. The van der Waals surface area contributed by atoms with Crippen LogP contribution in [0.1, 0.15) is 58.3 Å². The van der Waals surface area contributed by atoms with Crippen molar-refractivity contribution in [1.29, 1.82) is 0 Å². The van der Waals surface area contributed by atoms with Gasteiger partial charge < -0.3 is 14.5 Å². The van der Waals surface area contributed by atoms with Crippen molar-refractivity contribution in [3.63, 3.8) is 0 Å². The van der Waals surface area contributed by atoms with E-state index in [2.05, 4.69) is 10.00 Å². The van der Waals surface area contributed by atoms with E-state index >= 15 is 0 Å². The highest BCUT2D eigenvalue weighted by Crippen LogP contribution is 2.38. The summed E-state index contributed by atoms with van der Waals surface area (Å²) < 4.78 is 46.9. The molecule has 3 rings (SSSR count). The first-order valence-corrected chi connectivity index (χ1v) is 12.4. The molecule has 0 aromatic carbocycles. The van der Waals surface area contributed by atoms with Gasteiger partial charge in [0.2, 0.25) is 5.91 Å². The maximum absolute atomic E-state index is 13.6. The molecule has 1 atom stereocenters. The lowest BCUT2D eigenvalue weighted by atomic mass is 10.1. The van der Waals surface area contributed by atoms with Crippen LogP contribution in [0.5, 0.6) is 0 Å². The normalized spacial score (nSPS) is 18.9. The van der Waals surface area contributed by atoms with Gasteiger partial charge in [-0.15, -0.1) is 0 Å². The molecule has 0 spiro atoms. The molecule has 2 aliphatic rings. The van der Waals surface area contributed by atoms with E-state index in [1.54, 1.807) is 31.9 Å². The Bertz CT molecular complexity index is 1000. The SMILES string of the molecule is CC.COC1=C(Cl)C=CCC(N2CCN(C(=O)Cn3nc(C(C)C)c(Cl)c3C(F)(F)F)C(C)C2)=C1. The second-order valence-electron chi connectivity index (χ2n) is 8.40. The third kappa shape index (κ3) is 6.76. The van der Waals surface area contributed by atoms with Gasteiger partial charge in [0.25, 0.3) is 0 Å². The van der Waals surface area contributed by atoms with Crippen molar-refractivity contribution in [2.75, 3.05) is 26.7 Å². The zero-order valence-corrected chi connectivity index (χ0v) is 22.4. The zero-order chi connectivity index (χ0) is 26.5. The van der Waals surface area contributed by atoms with Crippen molar-refractivity contribution >= 4 is 29.1 Å². The van der Waals surface area contributed by atoms with Crippen LogP contribution in [-0.2, 0) is 22.3 Å². The number of aromatic nitrogens is 2. The van der Waals surface area contributed by atoms with Crippen LogP contribution in [0.4, 0.5) is 13.2 Å². The smallest absolute Gasteiger partial charge is 0.434 e. The molecule has 0 saturated carbocycles. The standard InChI is InChI=1S/C22H27Cl2F3N4O2.C2H6/c1-13(2)20-19(24)21(22(25,26)27)31(28-20)12-18(32)30-9-8-29(11-14(30)3)15-6-5-7-16(23)17(10-15)33-4;1-2/h5,7,10,13-14H,6,8-9,11-12H2,1-4H3;1-2H3. The number of carbonyl (C=O) groups excluding carboxylic acids is 1. The summed E-state index contributed by atoms with van der Waals surface area (Å²) in [5, 5.41) is 4.08. The topological polar surface area (TPSA) is 50.6 Å². The lowest BCUT2D eigenvalue weighted by Gasteiger charge is -2.42. The van der Waals surface area contributed by atoms with E-state index in [1.165, 1.54) is 0 Å². The molecule has 1 unspecified atom stereocenters. The van der Waals surface area contributed by atoms with Crippen LogP contribution in [-0.4, -0.2) is 58.3 Å². The second-order valence-corrected chi connectivity index (χ2v) is 9.18. The van der Waals surface area contributed by atoms with Gasteiger partial charge in [0.05, 0.1) is 22.9 Å². The second kappa shape index (κ2) is 12.2. The summed E-state index contributed by atoms with van der Waals surface area (Å²) in [6, 6.07) is -0.213. The quantitative estimate of drug-likeness (QED) is 0.451.